The van der Waals surface area contributed by atoms with Crippen LogP contribution in [0.4, 0.5) is 10.1 Å². The number of nitrogens with zero attached hydrogens (tertiary/aromatic N) is 3. The van der Waals surface area contributed by atoms with Crippen molar-refractivity contribution >= 4 is 22.9 Å². The third kappa shape index (κ3) is 5.32. The Kier molecular flexibility index (Phi) is 6.32. The van der Waals surface area contributed by atoms with Crippen molar-refractivity contribution in [2.75, 3.05) is 5.32 Å². The summed E-state index contributed by atoms with van der Waals surface area (Å²) in [7, 11) is 0. The minimum absolute atomic E-state index is 0.157. The molecule has 0 aliphatic carbocycles. The monoisotopic (exact) mass is 438 g/mol. The van der Waals surface area contributed by atoms with Crippen LogP contribution in [0.3, 0.4) is 0 Å². The molecule has 0 saturated carbocycles. The number of rotatable bonds is 8. The van der Waals surface area contributed by atoms with Crippen molar-refractivity contribution in [2.24, 2.45) is 0 Å². The van der Waals surface area contributed by atoms with Crippen molar-refractivity contribution in [3.05, 3.63) is 76.3 Å². The Bertz CT molecular complexity index is 1180. The van der Waals surface area contributed by atoms with E-state index in [1.807, 2.05) is 17.5 Å². The molecule has 158 valence electrons. The standard InChI is InChI=1S/C22H19FN4O3S/c1-14-10-15(6-7-17(14)23)22-26-21(30-27-22)9-8-20(28)25-18-4-2-3-5-19(18)29-11-16-12-31-13-24-16/h2-7,10,12-13H,8-9,11H2,1H3,(H,25,28). The van der Waals surface area contributed by atoms with Crippen molar-refractivity contribution in [1.82, 2.24) is 15.1 Å². The molecule has 4 aromatic rings. The van der Waals surface area contributed by atoms with Gasteiger partial charge >= 0.3 is 0 Å². The lowest BCUT2D eigenvalue weighted by Gasteiger charge is -2.11. The molecule has 0 unspecified atom stereocenters. The van der Waals surface area contributed by atoms with Gasteiger partial charge < -0.3 is 14.6 Å². The van der Waals surface area contributed by atoms with Crippen molar-refractivity contribution in [2.45, 2.75) is 26.4 Å². The smallest absolute Gasteiger partial charge is 0.227 e. The molecule has 2 aromatic carbocycles. The Hall–Kier alpha value is -3.59. The molecule has 1 amide bonds. The molecule has 2 aromatic heterocycles. The van der Waals surface area contributed by atoms with Gasteiger partial charge in [0.05, 0.1) is 16.9 Å². The number of para-hydroxylation sites is 2. The van der Waals surface area contributed by atoms with Gasteiger partial charge in [-0.05, 0) is 42.8 Å². The summed E-state index contributed by atoms with van der Waals surface area (Å²) in [4.78, 5) is 20.9. The van der Waals surface area contributed by atoms with Crippen molar-refractivity contribution in [1.29, 1.82) is 0 Å². The predicted octanol–water partition coefficient (Wildman–Crippen LogP) is 4.79. The largest absolute Gasteiger partial charge is 0.485 e. The van der Waals surface area contributed by atoms with Crippen LogP contribution in [0.1, 0.15) is 23.6 Å². The van der Waals surface area contributed by atoms with Gasteiger partial charge in [-0.1, -0.05) is 17.3 Å². The first-order chi connectivity index (χ1) is 15.1. The molecular formula is C22H19FN4O3S. The second kappa shape index (κ2) is 9.48. The third-order valence-corrected chi connectivity index (χ3v) is 5.11. The maximum Gasteiger partial charge on any atom is 0.227 e. The van der Waals surface area contributed by atoms with Gasteiger partial charge in [-0.15, -0.1) is 11.3 Å². The molecule has 31 heavy (non-hydrogen) atoms. The van der Waals surface area contributed by atoms with E-state index < -0.39 is 0 Å². The number of anilines is 1. The lowest BCUT2D eigenvalue weighted by atomic mass is 10.1. The Morgan fingerprint density at radius 1 is 1.26 bits per heavy atom. The second-order valence-corrected chi connectivity index (χ2v) is 7.51. The topological polar surface area (TPSA) is 90.1 Å². The van der Waals surface area contributed by atoms with E-state index in [1.54, 1.807) is 36.7 Å². The van der Waals surface area contributed by atoms with E-state index >= 15 is 0 Å². The molecule has 4 rings (SSSR count). The Morgan fingerprint density at radius 2 is 2.13 bits per heavy atom. The van der Waals surface area contributed by atoms with Gasteiger partial charge in [0.25, 0.3) is 0 Å². The number of carbonyl (C=O) groups is 1. The van der Waals surface area contributed by atoms with Gasteiger partial charge in [0.1, 0.15) is 18.2 Å². The lowest BCUT2D eigenvalue weighted by molar-refractivity contribution is -0.116. The number of amides is 1. The molecule has 0 bridgehead atoms. The number of aromatic nitrogens is 3. The van der Waals surface area contributed by atoms with E-state index in [0.717, 1.165) is 5.69 Å². The fraction of sp³-hybridized carbons (Fsp3) is 0.182. The minimum Gasteiger partial charge on any atom is -0.485 e. The van der Waals surface area contributed by atoms with Gasteiger partial charge in [-0.25, -0.2) is 9.37 Å². The zero-order valence-corrected chi connectivity index (χ0v) is 17.5. The van der Waals surface area contributed by atoms with E-state index in [2.05, 4.69) is 20.4 Å². The first-order valence-electron chi connectivity index (χ1n) is 9.56. The van der Waals surface area contributed by atoms with Gasteiger partial charge in [0.15, 0.2) is 0 Å². The highest BCUT2D eigenvalue weighted by Crippen LogP contribution is 2.25. The van der Waals surface area contributed by atoms with Crippen LogP contribution in [0.2, 0.25) is 0 Å². The van der Waals surface area contributed by atoms with Gasteiger partial charge in [-0.3, -0.25) is 4.79 Å². The van der Waals surface area contributed by atoms with E-state index in [0.29, 0.717) is 40.9 Å². The maximum absolute atomic E-state index is 13.4. The molecule has 0 atom stereocenters. The number of thiazole rings is 1. The van der Waals surface area contributed by atoms with Crippen LogP contribution in [0, 0.1) is 12.7 Å². The summed E-state index contributed by atoms with van der Waals surface area (Å²) in [6.07, 6.45) is 0.436. The fourth-order valence-electron chi connectivity index (χ4n) is 2.85. The van der Waals surface area contributed by atoms with E-state index in [-0.39, 0.29) is 24.6 Å². The number of nitrogens with one attached hydrogen (secondary N) is 1. The van der Waals surface area contributed by atoms with E-state index in [9.17, 15) is 9.18 Å². The highest BCUT2D eigenvalue weighted by Gasteiger charge is 2.13. The van der Waals surface area contributed by atoms with Crippen molar-refractivity contribution in [3.63, 3.8) is 0 Å². The first kappa shape index (κ1) is 20.7. The number of ether oxygens (including phenoxy) is 1. The molecular weight excluding hydrogens is 419 g/mol. The molecule has 0 saturated heterocycles. The summed E-state index contributed by atoms with van der Waals surface area (Å²) in [5.41, 5.74) is 4.31. The molecule has 7 nitrogen and oxygen atoms in total. The normalized spacial score (nSPS) is 10.8. The molecule has 1 N–H and O–H groups in total. The quantitative estimate of drug-likeness (QED) is 0.425. The van der Waals surface area contributed by atoms with Gasteiger partial charge in [0.2, 0.25) is 17.6 Å². The maximum atomic E-state index is 13.4. The lowest BCUT2D eigenvalue weighted by Crippen LogP contribution is -2.13. The number of hydrogen-bond acceptors (Lipinski definition) is 7. The summed E-state index contributed by atoms with van der Waals surface area (Å²) >= 11 is 1.50. The molecule has 0 spiro atoms. The van der Waals surface area contributed by atoms with Crippen LogP contribution in [-0.2, 0) is 17.8 Å². The number of aryl methyl sites for hydroxylation is 2. The minimum atomic E-state index is -0.292. The van der Waals surface area contributed by atoms with E-state index in [4.69, 9.17) is 9.26 Å². The molecule has 0 aliphatic heterocycles. The second-order valence-electron chi connectivity index (χ2n) is 6.79. The van der Waals surface area contributed by atoms with Gasteiger partial charge in [-0.2, -0.15) is 4.98 Å². The third-order valence-electron chi connectivity index (χ3n) is 4.47. The number of halogens is 1. The average molecular weight is 438 g/mol. The summed E-state index contributed by atoms with van der Waals surface area (Å²) in [6.45, 7) is 1.99. The molecule has 0 radical (unpaired) electrons. The highest BCUT2D eigenvalue weighted by molar-refractivity contribution is 7.07. The Balaban J connectivity index is 1.34. The summed E-state index contributed by atoms with van der Waals surface area (Å²) < 4.78 is 24.4. The number of benzene rings is 2. The molecule has 0 aliphatic rings. The first-order valence-corrected chi connectivity index (χ1v) is 10.5. The summed E-state index contributed by atoms with van der Waals surface area (Å²) in [6, 6.07) is 11.8. The fourth-order valence-corrected chi connectivity index (χ4v) is 3.39. The van der Waals surface area contributed by atoms with E-state index in [1.165, 1.54) is 17.4 Å². The van der Waals surface area contributed by atoms with Crippen LogP contribution in [0.15, 0.2) is 57.9 Å². The van der Waals surface area contributed by atoms with Crippen LogP contribution in [0.25, 0.3) is 11.4 Å². The van der Waals surface area contributed by atoms with Crippen LogP contribution in [-0.4, -0.2) is 21.0 Å². The summed E-state index contributed by atoms with van der Waals surface area (Å²) in [5, 5.41) is 8.68. The van der Waals surface area contributed by atoms with Crippen molar-refractivity contribution < 1.29 is 18.4 Å². The summed E-state index contributed by atoms with van der Waals surface area (Å²) in [5.74, 6) is 0.761. The molecule has 0 fully saturated rings. The Labute approximate surface area is 181 Å². The molecule has 9 heteroatoms. The number of carbonyl (C=O) groups excluding carboxylic acids is 1. The average Bonchev–Trinajstić information content (AvgIpc) is 3.46. The zero-order chi connectivity index (χ0) is 21.6. The van der Waals surface area contributed by atoms with Crippen LogP contribution >= 0.6 is 11.3 Å². The number of hydrogen-bond donors (Lipinski definition) is 1. The zero-order valence-electron chi connectivity index (χ0n) is 16.7. The van der Waals surface area contributed by atoms with Crippen molar-refractivity contribution in [3.8, 4) is 17.1 Å². The van der Waals surface area contributed by atoms with Crippen LogP contribution < -0.4 is 10.1 Å². The van der Waals surface area contributed by atoms with Gasteiger partial charge in [0, 0.05) is 23.8 Å². The predicted molar refractivity (Wildman–Crippen MR) is 114 cm³/mol. The van der Waals surface area contributed by atoms with Crippen LogP contribution in [0.5, 0.6) is 5.75 Å². The molecule has 2 heterocycles. The Morgan fingerprint density at radius 3 is 2.94 bits per heavy atom. The SMILES string of the molecule is Cc1cc(-c2noc(CCC(=O)Nc3ccccc3OCc3cscn3)n2)ccc1F. The highest BCUT2D eigenvalue weighted by atomic mass is 32.1.